The zero-order valence-electron chi connectivity index (χ0n) is 19.1. The quantitative estimate of drug-likeness (QED) is 0.299. The van der Waals surface area contributed by atoms with Crippen LogP contribution >= 0.6 is 11.6 Å². The number of aromatic nitrogens is 3. The third-order valence-electron chi connectivity index (χ3n) is 6.63. The summed E-state index contributed by atoms with van der Waals surface area (Å²) < 4.78 is 5.41. The Morgan fingerprint density at radius 3 is 2.79 bits per heavy atom. The molecule has 2 atom stereocenters. The van der Waals surface area contributed by atoms with Crippen molar-refractivity contribution in [3.8, 4) is 11.3 Å². The number of hydrogen-bond acceptors (Lipinski definition) is 6. The molecule has 1 aliphatic carbocycles. The molecule has 2 heterocycles. The molecular weight excluding hydrogens is 448 g/mol. The maximum Gasteiger partial charge on any atom is 0.168 e. The minimum absolute atomic E-state index is 0.121. The van der Waals surface area contributed by atoms with Crippen LogP contribution in [-0.2, 0) is 0 Å². The lowest BCUT2D eigenvalue weighted by Gasteiger charge is -2.29. The normalized spacial score (nSPS) is 18.2. The van der Waals surface area contributed by atoms with Gasteiger partial charge in [0.05, 0.1) is 22.8 Å². The molecule has 2 aromatic heterocycles. The molecule has 34 heavy (non-hydrogen) atoms. The van der Waals surface area contributed by atoms with Crippen LogP contribution in [-0.4, -0.2) is 27.5 Å². The standard InChI is InChI=1S/C27H27ClN4O2/c1-17-26(27(32-34-17)20-8-3-2-4-9-20)24(33)13-18-6-5-7-19(12-18)15-30-25-16-29-23-14-21(28)10-11-22(23)31-25/h2-4,8-11,14,16,18-19H,5-7,12-13,15H2,1H3,(H,30,31)/t18?,19-/m1/s1. The lowest BCUT2D eigenvalue weighted by atomic mass is 9.78. The molecule has 6 nitrogen and oxygen atoms in total. The molecule has 1 saturated carbocycles. The maximum atomic E-state index is 13.3. The molecule has 0 aliphatic heterocycles. The van der Waals surface area contributed by atoms with Gasteiger partial charge >= 0.3 is 0 Å². The average molecular weight is 475 g/mol. The van der Waals surface area contributed by atoms with Gasteiger partial charge in [-0.25, -0.2) is 4.98 Å². The number of carbonyl (C=O) groups is 1. The first-order valence-corrected chi connectivity index (χ1v) is 12.2. The summed E-state index contributed by atoms with van der Waals surface area (Å²) in [4.78, 5) is 22.4. The van der Waals surface area contributed by atoms with Gasteiger partial charge in [-0.05, 0) is 56.2 Å². The maximum absolute atomic E-state index is 13.3. The Morgan fingerprint density at radius 2 is 1.94 bits per heavy atom. The lowest BCUT2D eigenvalue weighted by molar-refractivity contribution is 0.0940. The molecule has 5 rings (SSSR count). The number of Topliss-reactive ketones (excluding diaryl/α,β-unsaturated/α-hetero) is 1. The molecule has 0 saturated heterocycles. The van der Waals surface area contributed by atoms with E-state index in [1.54, 1.807) is 6.20 Å². The second-order valence-corrected chi connectivity index (χ2v) is 9.56. The third-order valence-corrected chi connectivity index (χ3v) is 6.87. The van der Waals surface area contributed by atoms with Gasteiger partial charge < -0.3 is 9.84 Å². The van der Waals surface area contributed by atoms with Gasteiger partial charge in [-0.2, -0.15) is 0 Å². The van der Waals surface area contributed by atoms with Crippen molar-refractivity contribution in [1.29, 1.82) is 0 Å². The Balaban J connectivity index is 1.21. The number of nitrogens with zero attached hydrogens (tertiary/aromatic N) is 3. The van der Waals surface area contributed by atoms with E-state index in [-0.39, 0.29) is 5.78 Å². The van der Waals surface area contributed by atoms with Crippen LogP contribution in [0.15, 0.2) is 59.3 Å². The predicted molar refractivity (Wildman–Crippen MR) is 134 cm³/mol. The number of benzene rings is 2. The van der Waals surface area contributed by atoms with Crippen LogP contribution in [0.2, 0.25) is 5.02 Å². The van der Waals surface area contributed by atoms with Crippen molar-refractivity contribution in [1.82, 2.24) is 15.1 Å². The van der Waals surface area contributed by atoms with Gasteiger partial charge in [-0.3, -0.25) is 9.78 Å². The minimum Gasteiger partial charge on any atom is -0.368 e. The highest BCUT2D eigenvalue weighted by Gasteiger charge is 2.28. The van der Waals surface area contributed by atoms with E-state index < -0.39 is 0 Å². The van der Waals surface area contributed by atoms with Crippen molar-refractivity contribution in [2.45, 2.75) is 39.0 Å². The largest absolute Gasteiger partial charge is 0.368 e. The summed E-state index contributed by atoms with van der Waals surface area (Å²) >= 11 is 6.04. The number of halogens is 1. The van der Waals surface area contributed by atoms with E-state index in [0.717, 1.165) is 54.6 Å². The smallest absolute Gasteiger partial charge is 0.168 e. The molecule has 2 aromatic carbocycles. The topological polar surface area (TPSA) is 80.9 Å². The number of hydrogen-bond donors (Lipinski definition) is 1. The summed E-state index contributed by atoms with van der Waals surface area (Å²) in [6, 6.07) is 15.3. The van der Waals surface area contributed by atoms with E-state index in [9.17, 15) is 4.79 Å². The van der Waals surface area contributed by atoms with Crippen molar-refractivity contribution < 1.29 is 9.32 Å². The fourth-order valence-corrected chi connectivity index (χ4v) is 5.12. The van der Waals surface area contributed by atoms with Crippen LogP contribution in [0.5, 0.6) is 0 Å². The zero-order valence-corrected chi connectivity index (χ0v) is 19.9. The molecular formula is C27H27ClN4O2. The molecule has 4 aromatic rings. The van der Waals surface area contributed by atoms with Gasteiger partial charge in [0, 0.05) is 23.6 Å². The first kappa shape index (κ1) is 22.5. The van der Waals surface area contributed by atoms with Crippen molar-refractivity contribution in [3.05, 3.63) is 71.1 Å². The van der Waals surface area contributed by atoms with Gasteiger partial charge in [-0.15, -0.1) is 0 Å². The molecule has 1 N–H and O–H groups in total. The molecule has 0 spiro atoms. The summed E-state index contributed by atoms with van der Waals surface area (Å²) in [6.07, 6.45) is 6.64. The number of ketones is 1. The van der Waals surface area contributed by atoms with Gasteiger partial charge in [0.1, 0.15) is 17.3 Å². The van der Waals surface area contributed by atoms with Gasteiger partial charge in [0.25, 0.3) is 0 Å². The highest BCUT2D eigenvalue weighted by Crippen LogP contribution is 2.34. The molecule has 1 aliphatic rings. The van der Waals surface area contributed by atoms with Crippen LogP contribution in [0, 0.1) is 18.8 Å². The number of rotatable bonds is 7. The van der Waals surface area contributed by atoms with Crippen molar-refractivity contribution in [3.63, 3.8) is 0 Å². The van der Waals surface area contributed by atoms with Crippen molar-refractivity contribution in [2.24, 2.45) is 11.8 Å². The molecule has 0 radical (unpaired) electrons. The molecule has 0 bridgehead atoms. The summed E-state index contributed by atoms with van der Waals surface area (Å²) in [7, 11) is 0. The van der Waals surface area contributed by atoms with Crippen LogP contribution < -0.4 is 5.32 Å². The van der Waals surface area contributed by atoms with Crippen LogP contribution in [0.25, 0.3) is 22.3 Å². The van der Waals surface area contributed by atoms with E-state index in [1.807, 2.05) is 55.5 Å². The summed E-state index contributed by atoms with van der Waals surface area (Å²) in [6.45, 7) is 2.64. The fraction of sp³-hybridized carbons (Fsp3) is 0.333. The Bertz CT molecular complexity index is 1300. The monoisotopic (exact) mass is 474 g/mol. The van der Waals surface area contributed by atoms with E-state index in [2.05, 4.69) is 20.4 Å². The summed E-state index contributed by atoms with van der Waals surface area (Å²) in [5.74, 6) is 2.33. The number of fused-ring (bicyclic) bond motifs is 1. The zero-order chi connectivity index (χ0) is 23.5. The number of anilines is 1. The van der Waals surface area contributed by atoms with Gasteiger partial charge in [-0.1, -0.05) is 53.5 Å². The van der Waals surface area contributed by atoms with E-state index in [1.165, 1.54) is 0 Å². The van der Waals surface area contributed by atoms with Crippen molar-refractivity contribution in [2.75, 3.05) is 11.9 Å². The predicted octanol–water partition coefficient (Wildman–Crippen LogP) is 6.74. The highest BCUT2D eigenvalue weighted by atomic mass is 35.5. The van der Waals surface area contributed by atoms with E-state index in [4.69, 9.17) is 16.1 Å². The van der Waals surface area contributed by atoms with E-state index >= 15 is 0 Å². The molecule has 1 fully saturated rings. The summed E-state index contributed by atoms with van der Waals surface area (Å²) in [5.41, 5.74) is 3.78. The Hall–Kier alpha value is -3.25. The Kier molecular flexibility index (Phi) is 6.59. The average Bonchev–Trinajstić information content (AvgIpc) is 3.25. The SMILES string of the molecule is Cc1onc(-c2ccccc2)c1C(=O)CC1CCC[C@@H](CNc2cnc3cc(Cl)ccc3n2)C1. The molecule has 0 amide bonds. The van der Waals surface area contributed by atoms with Crippen LogP contribution in [0.1, 0.15) is 48.2 Å². The van der Waals surface area contributed by atoms with E-state index in [0.29, 0.717) is 40.3 Å². The summed E-state index contributed by atoms with van der Waals surface area (Å²) in [5, 5.41) is 8.28. The minimum atomic E-state index is 0.121. The number of aryl methyl sites for hydroxylation is 1. The second kappa shape index (κ2) is 9.94. The highest BCUT2D eigenvalue weighted by molar-refractivity contribution is 6.31. The molecule has 7 heteroatoms. The lowest BCUT2D eigenvalue weighted by Crippen LogP contribution is -2.24. The van der Waals surface area contributed by atoms with Gasteiger partial charge in [0.2, 0.25) is 0 Å². The van der Waals surface area contributed by atoms with Crippen molar-refractivity contribution >= 4 is 34.2 Å². The molecule has 174 valence electrons. The first-order valence-electron chi connectivity index (χ1n) is 11.8. The molecule has 1 unspecified atom stereocenters. The first-order chi connectivity index (χ1) is 16.6. The van der Waals surface area contributed by atoms with Crippen LogP contribution in [0.3, 0.4) is 0 Å². The number of carbonyl (C=O) groups excluding carboxylic acids is 1. The Morgan fingerprint density at radius 1 is 1.12 bits per heavy atom. The van der Waals surface area contributed by atoms with Crippen LogP contribution in [0.4, 0.5) is 5.82 Å². The number of nitrogens with one attached hydrogen (secondary N) is 1. The third kappa shape index (κ3) is 4.97. The van der Waals surface area contributed by atoms with Gasteiger partial charge in [0.15, 0.2) is 5.78 Å². The second-order valence-electron chi connectivity index (χ2n) is 9.12. The Labute approximate surface area is 203 Å². The fourth-order valence-electron chi connectivity index (χ4n) is 4.95.